The minimum atomic E-state index is -4.41. The van der Waals surface area contributed by atoms with Crippen molar-refractivity contribution in [2.45, 2.75) is 35.7 Å². The summed E-state index contributed by atoms with van der Waals surface area (Å²) in [4.78, 5) is 31.0. The zero-order valence-corrected chi connectivity index (χ0v) is 18.4. The lowest BCUT2D eigenvalue weighted by Crippen LogP contribution is -2.35. The highest BCUT2D eigenvalue weighted by Gasteiger charge is 2.42. The smallest absolute Gasteiger partial charge is 0.325 e. The first kappa shape index (κ1) is 22.8. The molecule has 1 aliphatic rings. The Morgan fingerprint density at radius 3 is 2.42 bits per heavy atom. The molecule has 1 aromatic heterocycles. The molecule has 1 N–H and O–H groups in total. The number of carbonyl (C=O) groups is 2. The molecule has 0 aliphatic carbocycles. The minimum Gasteiger partial charge on any atom is -0.325 e. The van der Waals surface area contributed by atoms with Crippen molar-refractivity contribution in [1.29, 1.82) is 0 Å². The SMILES string of the molecule is CC(c1ccnc(Cc2ccccc2)c1)C1NC(=O)N(c2ccc(SC(F)(F)F)cc2)C1=O. The van der Waals surface area contributed by atoms with Crippen LogP contribution in [-0.4, -0.2) is 28.5 Å². The second kappa shape index (κ2) is 9.27. The number of urea groups is 1. The van der Waals surface area contributed by atoms with Crippen LogP contribution in [0.1, 0.15) is 29.7 Å². The van der Waals surface area contributed by atoms with Crippen LogP contribution in [0.25, 0.3) is 0 Å². The maximum Gasteiger partial charge on any atom is 0.446 e. The molecule has 33 heavy (non-hydrogen) atoms. The Morgan fingerprint density at radius 2 is 1.76 bits per heavy atom. The van der Waals surface area contributed by atoms with E-state index in [4.69, 9.17) is 0 Å². The van der Waals surface area contributed by atoms with Crippen LogP contribution >= 0.6 is 11.8 Å². The second-order valence-corrected chi connectivity index (χ2v) is 8.81. The van der Waals surface area contributed by atoms with E-state index in [-0.39, 0.29) is 28.3 Å². The number of nitrogens with zero attached hydrogens (tertiary/aromatic N) is 2. The Bertz CT molecular complexity index is 1150. The number of aromatic nitrogens is 1. The summed E-state index contributed by atoms with van der Waals surface area (Å²) in [7, 11) is 0. The number of carbonyl (C=O) groups excluding carboxylic acids is 2. The third-order valence-corrected chi connectivity index (χ3v) is 6.13. The minimum absolute atomic E-state index is 0.0223. The summed E-state index contributed by atoms with van der Waals surface area (Å²) in [5.41, 5.74) is -1.38. The van der Waals surface area contributed by atoms with E-state index in [1.165, 1.54) is 24.3 Å². The molecule has 0 radical (unpaired) electrons. The molecule has 3 aromatic rings. The first-order valence-electron chi connectivity index (χ1n) is 10.2. The molecule has 2 heterocycles. The lowest BCUT2D eigenvalue weighted by atomic mass is 9.92. The summed E-state index contributed by atoms with van der Waals surface area (Å²) in [6.07, 6.45) is 2.32. The number of thioether (sulfide) groups is 1. The molecule has 2 atom stereocenters. The quantitative estimate of drug-likeness (QED) is 0.380. The summed E-state index contributed by atoms with van der Waals surface area (Å²) in [5, 5.41) is 2.70. The lowest BCUT2D eigenvalue weighted by molar-refractivity contribution is -0.118. The Hall–Kier alpha value is -3.33. The monoisotopic (exact) mass is 471 g/mol. The maximum atomic E-state index is 13.1. The molecule has 5 nitrogen and oxygen atoms in total. The third-order valence-electron chi connectivity index (χ3n) is 5.39. The molecule has 0 saturated carbocycles. The molecule has 1 aliphatic heterocycles. The average Bonchev–Trinajstić information content (AvgIpc) is 3.07. The van der Waals surface area contributed by atoms with Crippen molar-refractivity contribution in [2.75, 3.05) is 4.90 Å². The Labute approximate surface area is 193 Å². The number of benzene rings is 2. The molecule has 4 rings (SSSR count). The Kier molecular flexibility index (Phi) is 6.42. The van der Waals surface area contributed by atoms with Crippen LogP contribution in [0.2, 0.25) is 0 Å². The fraction of sp³-hybridized carbons (Fsp3) is 0.208. The van der Waals surface area contributed by atoms with Gasteiger partial charge in [0.05, 0.1) is 5.69 Å². The molecule has 2 aromatic carbocycles. The lowest BCUT2D eigenvalue weighted by Gasteiger charge is -2.19. The molecular formula is C24H20F3N3O2S. The van der Waals surface area contributed by atoms with Gasteiger partial charge in [0.1, 0.15) is 6.04 Å². The number of anilines is 1. The molecule has 2 unspecified atom stereocenters. The van der Waals surface area contributed by atoms with Crippen molar-refractivity contribution in [3.05, 3.63) is 89.7 Å². The highest BCUT2D eigenvalue weighted by Crippen LogP contribution is 2.37. The molecule has 170 valence electrons. The van der Waals surface area contributed by atoms with Gasteiger partial charge in [0.2, 0.25) is 0 Å². The molecule has 1 saturated heterocycles. The van der Waals surface area contributed by atoms with Crippen LogP contribution in [0.3, 0.4) is 0 Å². The van der Waals surface area contributed by atoms with Gasteiger partial charge >= 0.3 is 11.5 Å². The number of pyridine rings is 1. The standard InChI is InChI=1S/C24H20F3N3O2S/c1-15(17-11-12-28-18(14-17)13-16-5-3-2-4-6-16)21-22(31)30(23(32)29-21)19-7-9-20(10-8-19)33-24(25,26)27/h2-12,14-15,21H,13H2,1H3,(H,29,32). The predicted molar refractivity (Wildman–Crippen MR) is 120 cm³/mol. The second-order valence-electron chi connectivity index (χ2n) is 7.67. The van der Waals surface area contributed by atoms with Crippen LogP contribution in [-0.2, 0) is 11.2 Å². The van der Waals surface area contributed by atoms with E-state index in [0.717, 1.165) is 21.7 Å². The van der Waals surface area contributed by atoms with E-state index in [2.05, 4.69) is 10.3 Å². The van der Waals surface area contributed by atoms with Crippen LogP contribution < -0.4 is 10.2 Å². The van der Waals surface area contributed by atoms with E-state index in [9.17, 15) is 22.8 Å². The van der Waals surface area contributed by atoms with E-state index in [1.54, 1.807) is 6.20 Å². The fourth-order valence-corrected chi connectivity index (χ4v) is 4.29. The number of hydrogen-bond donors (Lipinski definition) is 1. The average molecular weight is 472 g/mol. The highest BCUT2D eigenvalue weighted by molar-refractivity contribution is 8.00. The molecule has 0 spiro atoms. The summed E-state index contributed by atoms with van der Waals surface area (Å²) >= 11 is -0.252. The van der Waals surface area contributed by atoms with Gasteiger partial charge in [0, 0.05) is 29.1 Å². The molecule has 9 heteroatoms. The number of halogens is 3. The number of rotatable bonds is 6. The summed E-state index contributed by atoms with van der Waals surface area (Å²) < 4.78 is 37.6. The molecule has 3 amide bonds. The fourth-order valence-electron chi connectivity index (χ4n) is 3.75. The van der Waals surface area contributed by atoms with Crippen molar-refractivity contribution in [2.24, 2.45) is 0 Å². The number of imide groups is 1. The van der Waals surface area contributed by atoms with Crippen LogP contribution in [0.4, 0.5) is 23.7 Å². The number of hydrogen-bond acceptors (Lipinski definition) is 4. The van der Waals surface area contributed by atoms with E-state index in [1.807, 2.05) is 49.4 Å². The number of nitrogens with one attached hydrogen (secondary N) is 1. The summed E-state index contributed by atoms with van der Waals surface area (Å²) in [6.45, 7) is 1.84. The van der Waals surface area contributed by atoms with Crippen molar-refractivity contribution in [3.8, 4) is 0 Å². The summed E-state index contributed by atoms with van der Waals surface area (Å²) in [6, 6.07) is 17.4. The van der Waals surface area contributed by atoms with Crippen LogP contribution in [0, 0.1) is 0 Å². The highest BCUT2D eigenvalue weighted by atomic mass is 32.2. The molecule has 0 bridgehead atoms. The van der Waals surface area contributed by atoms with Crippen LogP contribution in [0.5, 0.6) is 0 Å². The van der Waals surface area contributed by atoms with Crippen molar-refractivity contribution in [1.82, 2.24) is 10.3 Å². The molecular weight excluding hydrogens is 451 g/mol. The van der Waals surface area contributed by atoms with Gasteiger partial charge in [-0.05, 0) is 59.3 Å². The summed E-state index contributed by atoms with van der Waals surface area (Å²) in [5.74, 6) is -0.783. The molecule has 1 fully saturated rings. The van der Waals surface area contributed by atoms with Gasteiger partial charge in [0.25, 0.3) is 5.91 Å². The van der Waals surface area contributed by atoms with Crippen LogP contribution in [0.15, 0.2) is 77.8 Å². The maximum absolute atomic E-state index is 13.1. The normalized spacial score (nSPS) is 17.2. The Morgan fingerprint density at radius 1 is 1.06 bits per heavy atom. The Balaban J connectivity index is 1.50. The van der Waals surface area contributed by atoms with Gasteiger partial charge < -0.3 is 5.32 Å². The largest absolute Gasteiger partial charge is 0.446 e. The predicted octanol–water partition coefficient (Wildman–Crippen LogP) is 5.51. The van der Waals surface area contributed by atoms with Gasteiger partial charge in [0.15, 0.2) is 0 Å². The van der Waals surface area contributed by atoms with Crippen molar-refractivity contribution < 1.29 is 22.8 Å². The zero-order valence-electron chi connectivity index (χ0n) is 17.5. The van der Waals surface area contributed by atoms with Gasteiger partial charge in [-0.15, -0.1) is 0 Å². The van der Waals surface area contributed by atoms with E-state index < -0.39 is 23.5 Å². The van der Waals surface area contributed by atoms with E-state index in [0.29, 0.717) is 6.42 Å². The first-order chi connectivity index (χ1) is 15.7. The van der Waals surface area contributed by atoms with E-state index >= 15 is 0 Å². The van der Waals surface area contributed by atoms with Gasteiger partial charge in [-0.2, -0.15) is 13.2 Å². The van der Waals surface area contributed by atoms with Gasteiger partial charge in [-0.25, -0.2) is 9.69 Å². The topological polar surface area (TPSA) is 62.3 Å². The third kappa shape index (κ3) is 5.36. The van der Waals surface area contributed by atoms with Crippen molar-refractivity contribution in [3.63, 3.8) is 0 Å². The van der Waals surface area contributed by atoms with Gasteiger partial charge in [-0.1, -0.05) is 37.3 Å². The first-order valence-corrected chi connectivity index (χ1v) is 11.0. The number of amides is 3. The van der Waals surface area contributed by atoms with Crippen molar-refractivity contribution >= 4 is 29.4 Å². The number of alkyl halides is 3. The zero-order chi connectivity index (χ0) is 23.6. The van der Waals surface area contributed by atoms with Gasteiger partial charge in [-0.3, -0.25) is 9.78 Å².